The Morgan fingerprint density at radius 2 is 1.53 bits per heavy atom. The first-order valence-corrected chi connectivity index (χ1v) is 9.97. The van der Waals surface area contributed by atoms with Crippen LogP contribution >= 0.6 is 0 Å². The van der Waals surface area contributed by atoms with Crippen molar-refractivity contribution in [1.82, 2.24) is 0 Å². The molecule has 2 aromatic rings. The lowest BCUT2D eigenvalue weighted by Crippen LogP contribution is -2.60. The lowest BCUT2D eigenvalue weighted by atomic mass is 9.99. The lowest BCUT2D eigenvalue weighted by molar-refractivity contribution is -0.277. The van der Waals surface area contributed by atoms with Gasteiger partial charge in [0.15, 0.2) is 11.5 Å². The molecule has 1 aliphatic heterocycles. The maximum atomic E-state index is 10.4. The summed E-state index contributed by atoms with van der Waals surface area (Å²) >= 11 is 0. The summed E-state index contributed by atoms with van der Waals surface area (Å²) < 4.78 is 27.3. The minimum absolute atomic E-state index is 0.224. The van der Waals surface area contributed by atoms with Crippen molar-refractivity contribution in [1.29, 1.82) is 0 Å². The Hall–Kier alpha value is -2.82. The van der Waals surface area contributed by atoms with Gasteiger partial charge in [-0.1, -0.05) is 24.3 Å². The monoisotopic (exact) mass is 448 g/mol. The molecule has 1 heterocycles. The van der Waals surface area contributed by atoms with E-state index in [1.165, 1.54) is 14.2 Å². The second kappa shape index (κ2) is 10.7. The molecule has 32 heavy (non-hydrogen) atoms. The molecule has 0 aliphatic carbocycles. The number of hydrogen-bond acceptors (Lipinski definition) is 9. The van der Waals surface area contributed by atoms with Crippen LogP contribution in [0.2, 0.25) is 0 Å². The van der Waals surface area contributed by atoms with Crippen LogP contribution in [0.5, 0.6) is 23.0 Å². The Morgan fingerprint density at radius 3 is 2.12 bits per heavy atom. The topological polar surface area (TPSA) is 127 Å². The van der Waals surface area contributed by atoms with Crippen LogP contribution in [0.1, 0.15) is 11.1 Å². The molecule has 5 atom stereocenters. The van der Waals surface area contributed by atoms with E-state index < -0.39 is 37.3 Å². The van der Waals surface area contributed by atoms with Gasteiger partial charge in [-0.05, 0) is 23.8 Å². The maximum Gasteiger partial charge on any atom is 0.229 e. The molecule has 0 unspecified atom stereocenters. The van der Waals surface area contributed by atoms with Gasteiger partial charge in [0, 0.05) is 11.6 Å². The molecule has 0 radical (unpaired) electrons. The first-order chi connectivity index (χ1) is 15.4. The normalized spacial score (nSPS) is 25.5. The molecule has 0 saturated carbocycles. The van der Waals surface area contributed by atoms with Crippen molar-refractivity contribution in [3.63, 3.8) is 0 Å². The van der Waals surface area contributed by atoms with Crippen LogP contribution in [-0.2, 0) is 4.74 Å². The summed E-state index contributed by atoms with van der Waals surface area (Å²) in [6, 6.07) is 10.7. The Labute approximate surface area is 186 Å². The Balaban J connectivity index is 1.95. The van der Waals surface area contributed by atoms with E-state index in [1.807, 2.05) is 30.3 Å². The van der Waals surface area contributed by atoms with Gasteiger partial charge in [-0.2, -0.15) is 0 Å². The molecule has 0 spiro atoms. The van der Waals surface area contributed by atoms with Crippen LogP contribution in [0, 0.1) is 0 Å². The summed E-state index contributed by atoms with van der Waals surface area (Å²) in [7, 11) is 4.56. The first kappa shape index (κ1) is 23.8. The summed E-state index contributed by atoms with van der Waals surface area (Å²) in [5.74, 6) is 1.77. The molecule has 9 heteroatoms. The van der Waals surface area contributed by atoms with Crippen molar-refractivity contribution in [3.8, 4) is 23.0 Å². The minimum atomic E-state index is -1.56. The van der Waals surface area contributed by atoms with Gasteiger partial charge in [0.25, 0.3) is 0 Å². The van der Waals surface area contributed by atoms with E-state index >= 15 is 0 Å². The molecule has 1 saturated heterocycles. The van der Waals surface area contributed by atoms with Crippen molar-refractivity contribution in [2.45, 2.75) is 30.7 Å². The number of aliphatic hydroxyl groups is 4. The summed E-state index contributed by atoms with van der Waals surface area (Å²) in [5.41, 5.74) is 1.44. The second-order valence-corrected chi connectivity index (χ2v) is 7.17. The van der Waals surface area contributed by atoms with Gasteiger partial charge in [-0.25, -0.2) is 0 Å². The fraction of sp³-hybridized carbons (Fsp3) is 0.391. The molecule has 9 nitrogen and oxygen atoms in total. The highest BCUT2D eigenvalue weighted by atomic mass is 16.7. The van der Waals surface area contributed by atoms with Gasteiger partial charge in [0.2, 0.25) is 6.29 Å². The molecule has 2 aromatic carbocycles. The SMILES string of the molecule is COc1ccc(/C=C/c2cc(OC)cc(OC)c2O[C@H]2O[C@H](CO)[C@@H](O)[C@H](O)[C@H]2O)cc1. The zero-order valence-electron chi connectivity index (χ0n) is 18.0. The van der Waals surface area contributed by atoms with E-state index in [0.29, 0.717) is 17.1 Å². The van der Waals surface area contributed by atoms with Crippen LogP contribution in [0.3, 0.4) is 0 Å². The fourth-order valence-corrected chi connectivity index (χ4v) is 3.30. The highest BCUT2D eigenvalue weighted by molar-refractivity contribution is 5.75. The van der Waals surface area contributed by atoms with Crippen LogP contribution < -0.4 is 18.9 Å². The average Bonchev–Trinajstić information content (AvgIpc) is 2.83. The van der Waals surface area contributed by atoms with E-state index in [9.17, 15) is 20.4 Å². The van der Waals surface area contributed by atoms with Gasteiger partial charge in [0.1, 0.15) is 35.9 Å². The molecule has 1 fully saturated rings. The molecule has 4 N–H and O–H groups in total. The molecule has 0 amide bonds. The number of ether oxygens (including phenoxy) is 5. The summed E-state index contributed by atoms with van der Waals surface area (Å²) in [4.78, 5) is 0. The number of methoxy groups -OCH3 is 3. The minimum Gasteiger partial charge on any atom is -0.497 e. The van der Waals surface area contributed by atoms with Crippen molar-refractivity contribution < 1.29 is 44.1 Å². The highest BCUT2D eigenvalue weighted by Crippen LogP contribution is 2.39. The van der Waals surface area contributed by atoms with Crippen LogP contribution in [0.4, 0.5) is 0 Å². The van der Waals surface area contributed by atoms with Gasteiger partial charge >= 0.3 is 0 Å². The molecular weight excluding hydrogens is 420 g/mol. The van der Waals surface area contributed by atoms with Crippen molar-refractivity contribution >= 4 is 12.2 Å². The van der Waals surface area contributed by atoms with Crippen molar-refractivity contribution in [2.75, 3.05) is 27.9 Å². The summed E-state index contributed by atoms with van der Waals surface area (Å²) in [6.45, 7) is -0.561. The van der Waals surface area contributed by atoms with Crippen LogP contribution in [0.25, 0.3) is 12.2 Å². The molecular formula is C23H28O9. The van der Waals surface area contributed by atoms with Crippen molar-refractivity contribution in [2.24, 2.45) is 0 Å². The van der Waals surface area contributed by atoms with Gasteiger partial charge in [-0.15, -0.1) is 0 Å². The molecule has 0 aromatic heterocycles. The first-order valence-electron chi connectivity index (χ1n) is 9.97. The maximum absolute atomic E-state index is 10.4. The Kier molecular flexibility index (Phi) is 7.94. The largest absolute Gasteiger partial charge is 0.497 e. The Morgan fingerprint density at radius 1 is 0.844 bits per heavy atom. The van der Waals surface area contributed by atoms with Crippen LogP contribution in [0.15, 0.2) is 36.4 Å². The van der Waals surface area contributed by atoms with Crippen LogP contribution in [-0.4, -0.2) is 79.1 Å². The predicted molar refractivity (Wildman–Crippen MR) is 116 cm³/mol. The fourth-order valence-electron chi connectivity index (χ4n) is 3.30. The summed E-state index contributed by atoms with van der Waals surface area (Å²) in [6.07, 6.45) is -3.45. The van der Waals surface area contributed by atoms with Gasteiger partial charge in [0.05, 0.1) is 27.9 Å². The van der Waals surface area contributed by atoms with Crippen molar-refractivity contribution in [3.05, 3.63) is 47.5 Å². The van der Waals surface area contributed by atoms with Gasteiger partial charge < -0.3 is 44.1 Å². The zero-order valence-corrected chi connectivity index (χ0v) is 18.0. The molecule has 3 rings (SSSR count). The number of rotatable bonds is 8. The molecule has 174 valence electrons. The molecule has 1 aliphatic rings. The van der Waals surface area contributed by atoms with E-state index in [4.69, 9.17) is 23.7 Å². The van der Waals surface area contributed by atoms with E-state index in [0.717, 1.165) is 11.3 Å². The van der Waals surface area contributed by atoms with E-state index in [2.05, 4.69) is 0 Å². The summed E-state index contributed by atoms with van der Waals surface area (Å²) in [5, 5.41) is 39.9. The molecule has 0 bridgehead atoms. The number of aliphatic hydroxyl groups excluding tert-OH is 4. The quantitative estimate of drug-likeness (QED) is 0.439. The standard InChI is InChI=1S/C23H28O9/c1-28-15-8-5-13(6-9-15)4-7-14-10-16(29-2)11-17(30-3)22(14)32-23-21(27)20(26)19(25)18(12-24)31-23/h4-11,18-21,23-27H,12H2,1-3H3/b7-4+/t18-,19-,20+,21-,23-/m1/s1. The smallest absolute Gasteiger partial charge is 0.229 e. The van der Waals surface area contributed by atoms with Gasteiger partial charge in [-0.3, -0.25) is 0 Å². The van der Waals surface area contributed by atoms with E-state index in [-0.39, 0.29) is 5.75 Å². The van der Waals surface area contributed by atoms with E-state index in [1.54, 1.807) is 25.3 Å². The predicted octanol–water partition coefficient (Wildman–Crippen LogP) is 1.06. The second-order valence-electron chi connectivity index (χ2n) is 7.17. The lowest BCUT2D eigenvalue weighted by Gasteiger charge is -2.39. The third-order valence-corrected chi connectivity index (χ3v) is 5.17. The highest BCUT2D eigenvalue weighted by Gasteiger charge is 2.45. The third-order valence-electron chi connectivity index (χ3n) is 5.17. The number of hydrogen-bond donors (Lipinski definition) is 4. The zero-order chi connectivity index (χ0) is 23.3. The Bertz CT molecular complexity index is 910. The average molecular weight is 448 g/mol. The number of benzene rings is 2. The third kappa shape index (κ3) is 5.14.